The van der Waals surface area contributed by atoms with Crippen LogP contribution >= 0.6 is 23.1 Å². The van der Waals surface area contributed by atoms with Crippen LogP contribution in [0.15, 0.2) is 52.2 Å². The Hall–Kier alpha value is -2.85. The molecule has 1 aliphatic heterocycles. The molecule has 0 radical (unpaired) electrons. The largest absolute Gasteiger partial charge is 0.467 e. The van der Waals surface area contributed by atoms with Gasteiger partial charge >= 0.3 is 0 Å². The van der Waals surface area contributed by atoms with Crippen LogP contribution in [0.25, 0.3) is 10.2 Å². The highest BCUT2D eigenvalue weighted by Gasteiger charge is 2.24. The minimum atomic E-state index is -0.101. The predicted molar refractivity (Wildman–Crippen MR) is 135 cm³/mol. The number of thioether (sulfide) groups is 1. The Morgan fingerprint density at radius 3 is 2.76 bits per heavy atom. The van der Waals surface area contributed by atoms with Gasteiger partial charge in [0.15, 0.2) is 5.16 Å². The van der Waals surface area contributed by atoms with Gasteiger partial charge in [-0.05, 0) is 50.5 Å². The highest BCUT2D eigenvalue weighted by atomic mass is 32.2. The number of para-hydroxylation sites is 1. The zero-order valence-corrected chi connectivity index (χ0v) is 21.0. The molecule has 34 heavy (non-hydrogen) atoms. The van der Waals surface area contributed by atoms with E-state index in [9.17, 15) is 4.79 Å². The molecule has 4 heterocycles. The first kappa shape index (κ1) is 22.9. The fourth-order valence-electron chi connectivity index (χ4n) is 4.09. The van der Waals surface area contributed by atoms with Crippen molar-refractivity contribution in [3.63, 3.8) is 0 Å². The average molecular weight is 497 g/mol. The molecule has 10 heteroatoms. The third-order valence-electron chi connectivity index (χ3n) is 6.20. The minimum absolute atomic E-state index is 0.0313. The van der Waals surface area contributed by atoms with Gasteiger partial charge in [-0.2, -0.15) is 0 Å². The van der Waals surface area contributed by atoms with Gasteiger partial charge in [-0.3, -0.25) is 9.36 Å². The van der Waals surface area contributed by atoms with Crippen LogP contribution < -0.4 is 4.90 Å². The van der Waals surface area contributed by atoms with E-state index in [4.69, 9.17) is 9.40 Å². The van der Waals surface area contributed by atoms with E-state index in [0.717, 1.165) is 58.0 Å². The zero-order valence-electron chi connectivity index (χ0n) is 19.4. The van der Waals surface area contributed by atoms with E-state index in [2.05, 4.69) is 25.7 Å². The summed E-state index contributed by atoms with van der Waals surface area (Å²) < 4.78 is 8.79. The molecule has 1 aromatic carbocycles. The minimum Gasteiger partial charge on any atom is -0.467 e. The van der Waals surface area contributed by atoms with Gasteiger partial charge in [0.2, 0.25) is 11.9 Å². The summed E-state index contributed by atoms with van der Waals surface area (Å²) in [4.78, 5) is 21.9. The van der Waals surface area contributed by atoms with Crippen molar-refractivity contribution in [2.75, 3.05) is 30.8 Å². The predicted octanol–water partition coefficient (Wildman–Crippen LogP) is 4.83. The van der Waals surface area contributed by atoms with Gasteiger partial charge in [0.1, 0.15) is 10.8 Å². The van der Waals surface area contributed by atoms with E-state index >= 15 is 0 Å². The number of furan rings is 1. The summed E-state index contributed by atoms with van der Waals surface area (Å²) in [6.45, 7) is 4.51. The molecule has 1 amide bonds. The number of carbonyl (C=O) groups excluding carboxylic acids is 1. The molecule has 0 spiro atoms. The Morgan fingerprint density at radius 2 is 2.00 bits per heavy atom. The van der Waals surface area contributed by atoms with Gasteiger partial charge in [-0.15, -0.1) is 21.5 Å². The summed E-state index contributed by atoms with van der Waals surface area (Å²) in [6.07, 6.45) is 5.24. The van der Waals surface area contributed by atoms with Crippen LogP contribution in [0.4, 0.5) is 5.95 Å². The molecule has 1 fully saturated rings. The van der Waals surface area contributed by atoms with Crippen LogP contribution in [0.5, 0.6) is 0 Å². The van der Waals surface area contributed by atoms with E-state index in [1.807, 2.05) is 44.3 Å². The Morgan fingerprint density at radius 1 is 1.18 bits per heavy atom. The van der Waals surface area contributed by atoms with Crippen molar-refractivity contribution in [1.29, 1.82) is 0 Å². The number of benzene rings is 1. The quantitative estimate of drug-likeness (QED) is 0.323. The monoisotopic (exact) mass is 496 g/mol. The molecule has 1 saturated heterocycles. The van der Waals surface area contributed by atoms with E-state index in [1.54, 1.807) is 22.5 Å². The van der Waals surface area contributed by atoms with Crippen LogP contribution in [-0.4, -0.2) is 56.4 Å². The number of hydrogen-bond donors (Lipinski definition) is 0. The standard InChI is InChI=1S/C24H28N6O2S2/c1-17(22-25-19-10-4-5-11-20(19)34-22)28(2)21(31)16-33-24-27-26-23(29-12-6-3-7-13-29)30(24)15-18-9-8-14-32-18/h4-5,8-11,14,17H,3,6-7,12-13,15-16H2,1-2H3. The molecule has 8 nitrogen and oxygen atoms in total. The number of nitrogens with zero attached hydrogens (tertiary/aromatic N) is 6. The number of amides is 1. The summed E-state index contributed by atoms with van der Waals surface area (Å²) in [6, 6.07) is 11.8. The molecule has 5 rings (SSSR count). The first-order valence-corrected chi connectivity index (χ1v) is 13.3. The van der Waals surface area contributed by atoms with Crippen LogP contribution in [-0.2, 0) is 11.3 Å². The fraction of sp³-hybridized carbons (Fsp3) is 0.417. The van der Waals surface area contributed by atoms with Gasteiger partial charge in [-0.1, -0.05) is 23.9 Å². The van der Waals surface area contributed by atoms with Gasteiger partial charge in [0, 0.05) is 20.1 Å². The number of anilines is 1. The maximum Gasteiger partial charge on any atom is 0.233 e. The van der Waals surface area contributed by atoms with Crippen LogP contribution in [0.1, 0.15) is 43.0 Å². The number of rotatable bonds is 8. The van der Waals surface area contributed by atoms with Crippen LogP contribution in [0.2, 0.25) is 0 Å². The lowest BCUT2D eigenvalue weighted by Crippen LogP contribution is -2.32. The lowest BCUT2D eigenvalue weighted by molar-refractivity contribution is -0.128. The molecule has 1 atom stereocenters. The Labute approximate surface area is 207 Å². The Balaban J connectivity index is 1.29. The van der Waals surface area contributed by atoms with Crippen molar-refractivity contribution in [3.05, 3.63) is 53.4 Å². The maximum absolute atomic E-state index is 13.1. The number of piperidine rings is 1. The molecular formula is C24H28N6O2S2. The van der Waals surface area contributed by atoms with E-state index < -0.39 is 0 Å². The summed E-state index contributed by atoms with van der Waals surface area (Å²) in [5.41, 5.74) is 0.973. The normalized spacial score (nSPS) is 15.1. The molecule has 1 unspecified atom stereocenters. The van der Waals surface area contributed by atoms with Crippen molar-refractivity contribution in [3.8, 4) is 0 Å². The summed E-state index contributed by atoms with van der Waals surface area (Å²) in [7, 11) is 1.84. The summed E-state index contributed by atoms with van der Waals surface area (Å²) in [5, 5.41) is 10.6. The highest BCUT2D eigenvalue weighted by Crippen LogP contribution is 2.30. The number of hydrogen-bond acceptors (Lipinski definition) is 8. The highest BCUT2D eigenvalue weighted by molar-refractivity contribution is 7.99. The third kappa shape index (κ3) is 4.83. The Kier molecular flexibility index (Phi) is 6.87. The second kappa shape index (κ2) is 10.2. The second-order valence-corrected chi connectivity index (χ2v) is 10.5. The second-order valence-electron chi connectivity index (χ2n) is 8.48. The third-order valence-corrected chi connectivity index (χ3v) is 8.36. The first-order valence-electron chi connectivity index (χ1n) is 11.5. The summed E-state index contributed by atoms with van der Waals surface area (Å²) in [5.74, 6) is 2.00. The van der Waals surface area contributed by atoms with Crippen molar-refractivity contribution in [2.24, 2.45) is 0 Å². The van der Waals surface area contributed by atoms with Gasteiger partial charge in [0.05, 0.1) is 34.8 Å². The molecule has 0 aliphatic carbocycles. The van der Waals surface area contributed by atoms with Gasteiger partial charge in [0.25, 0.3) is 0 Å². The molecule has 3 aromatic heterocycles. The topological polar surface area (TPSA) is 80.3 Å². The van der Waals surface area contributed by atoms with Crippen molar-refractivity contribution < 1.29 is 9.21 Å². The van der Waals surface area contributed by atoms with Gasteiger partial charge in [-0.25, -0.2) is 4.98 Å². The van der Waals surface area contributed by atoms with Crippen LogP contribution in [0.3, 0.4) is 0 Å². The fourth-order valence-corrected chi connectivity index (χ4v) is 6.01. The van der Waals surface area contributed by atoms with Gasteiger partial charge < -0.3 is 14.2 Å². The van der Waals surface area contributed by atoms with Crippen molar-refractivity contribution in [2.45, 2.75) is 43.9 Å². The van der Waals surface area contributed by atoms with Crippen molar-refractivity contribution in [1.82, 2.24) is 24.6 Å². The smallest absolute Gasteiger partial charge is 0.233 e. The molecule has 4 aromatic rings. The summed E-state index contributed by atoms with van der Waals surface area (Å²) >= 11 is 3.06. The maximum atomic E-state index is 13.1. The molecule has 0 saturated carbocycles. The number of carbonyl (C=O) groups is 1. The van der Waals surface area contributed by atoms with Crippen LogP contribution in [0, 0.1) is 0 Å². The molecular weight excluding hydrogens is 468 g/mol. The van der Waals surface area contributed by atoms with E-state index in [-0.39, 0.29) is 17.7 Å². The number of thiazole rings is 1. The van der Waals surface area contributed by atoms with E-state index in [1.165, 1.54) is 18.2 Å². The average Bonchev–Trinajstić information content (AvgIpc) is 3.62. The molecule has 0 bridgehead atoms. The number of aromatic nitrogens is 4. The van der Waals surface area contributed by atoms with E-state index in [0.29, 0.717) is 6.54 Å². The number of fused-ring (bicyclic) bond motifs is 1. The van der Waals surface area contributed by atoms with Crippen molar-refractivity contribution >= 4 is 45.2 Å². The lowest BCUT2D eigenvalue weighted by atomic mass is 10.1. The zero-order chi connectivity index (χ0) is 23.5. The SMILES string of the molecule is CC(c1nc2ccccc2s1)N(C)C(=O)CSc1nnc(N2CCCCC2)n1Cc1ccco1. The molecule has 1 aliphatic rings. The lowest BCUT2D eigenvalue weighted by Gasteiger charge is -2.27. The first-order chi connectivity index (χ1) is 16.6. The molecule has 0 N–H and O–H groups in total. The Bertz CT molecular complexity index is 1210. The molecule has 178 valence electrons.